The van der Waals surface area contributed by atoms with Crippen molar-refractivity contribution in [3.63, 3.8) is 0 Å². The Kier molecular flexibility index (Phi) is 24.5. The quantitative estimate of drug-likeness (QED) is 0.0354. The molecule has 0 radical (unpaired) electrons. The van der Waals surface area contributed by atoms with Crippen LogP contribution in [0.1, 0.15) is 41.4 Å². The number of methoxy groups -OCH3 is 1. The Labute approximate surface area is 423 Å². The number of rotatable bonds is 22. The second-order valence-electron chi connectivity index (χ2n) is 12.3. The van der Waals surface area contributed by atoms with Gasteiger partial charge < -0.3 is 77.5 Å². The maximum Gasteiger partial charge on any atom is 0.253 e. The Balaban J connectivity index is 2.87. The van der Waals surface area contributed by atoms with E-state index < -0.39 is 111 Å². The first-order valence-corrected chi connectivity index (χ1v) is 23.4. The van der Waals surface area contributed by atoms with E-state index >= 15 is 0 Å². The summed E-state index contributed by atoms with van der Waals surface area (Å²) in [6.45, 7) is -4.73. The zero-order valence-corrected chi connectivity index (χ0v) is 44.1. The topological polar surface area (TPSA) is 346 Å². The average molecular weight is 1520 g/mol. The van der Waals surface area contributed by atoms with Gasteiger partial charge in [-0.15, -0.1) is 0 Å². The first-order chi connectivity index (χ1) is 28.2. The number of carbonyl (C=O) groups is 6. The highest BCUT2D eigenvalue weighted by atomic mass is 127. The Bertz CT molecular complexity index is 1890. The number of Topliss-reactive ketones (excluding diaryl/α,β-unsaturated/α-hetero) is 1. The average Bonchev–Trinajstić information content (AvgIpc) is 3.20. The van der Waals surface area contributed by atoms with E-state index in [0.717, 1.165) is 0 Å². The van der Waals surface area contributed by atoms with E-state index in [0.29, 0.717) is 0 Å². The van der Waals surface area contributed by atoms with E-state index in [9.17, 15) is 69.6 Å². The number of likely N-dealkylation sites (N-methyl/N-ethyl adjacent to an activating group) is 1. The van der Waals surface area contributed by atoms with Gasteiger partial charge in [0.1, 0.15) is 6.61 Å². The molecule has 60 heavy (non-hydrogen) atoms. The number of amides is 5. The molecule has 2 rings (SSSR count). The molecule has 2 aromatic rings. The molecule has 0 aliphatic heterocycles. The van der Waals surface area contributed by atoms with Gasteiger partial charge in [-0.3, -0.25) is 28.8 Å². The van der Waals surface area contributed by atoms with Crippen molar-refractivity contribution >= 4 is 182 Å². The SMILES string of the molecule is CNC(C(=O)Nc1c(I)c(C(=O)NC(CO)C(O)CO)c(I)c(C(=O)NC(CO)C(O)CO)c1I)C(=O)c1c(I)c(NC(=O)COC)c(I)c(C(=O)NCC(O)CO)c1I. The van der Waals surface area contributed by atoms with Crippen molar-refractivity contribution < 1.29 is 74.4 Å². The number of anilines is 2. The second-order valence-corrected chi connectivity index (χ2v) is 18.7. The maximum absolute atomic E-state index is 14.5. The first kappa shape index (κ1) is 55.6. The third kappa shape index (κ3) is 13.7. The molecule has 0 fully saturated rings. The van der Waals surface area contributed by atoms with Crippen molar-refractivity contribution in [3.05, 3.63) is 43.7 Å². The number of benzene rings is 2. The van der Waals surface area contributed by atoms with E-state index in [1.807, 2.05) is 0 Å². The molecular formula is C33H40I6N6O15. The Hall–Kier alpha value is -0.560. The normalized spacial score (nSPS) is 14.3. The lowest BCUT2D eigenvalue weighted by atomic mass is 9.99. The molecule has 334 valence electrons. The Morgan fingerprint density at radius 1 is 0.583 bits per heavy atom. The van der Waals surface area contributed by atoms with Gasteiger partial charge >= 0.3 is 0 Å². The fourth-order valence-corrected chi connectivity index (χ4v) is 13.9. The maximum atomic E-state index is 14.5. The number of hydrogen-bond donors (Lipinski definition) is 14. The van der Waals surface area contributed by atoms with E-state index in [2.05, 4.69) is 31.9 Å². The first-order valence-electron chi connectivity index (χ1n) is 16.9. The zero-order valence-electron chi connectivity index (χ0n) is 31.1. The van der Waals surface area contributed by atoms with Gasteiger partial charge in [0, 0.05) is 29.9 Å². The predicted octanol–water partition coefficient (Wildman–Crippen LogP) is -1.72. The molecule has 0 bridgehead atoms. The molecule has 14 N–H and O–H groups in total. The van der Waals surface area contributed by atoms with Crippen molar-refractivity contribution in [3.8, 4) is 0 Å². The molecule has 0 aromatic heterocycles. The van der Waals surface area contributed by atoms with Crippen LogP contribution < -0.4 is 31.9 Å². The van der Waals surface area contributed by atoms with E-state index in [-0.39, 0.29) is 61.6 Å². The second kappa shape index (κ2) is 26.4. The summed E-state index contributed by atoms with van der Waals surface area (Å²) in [4.78, 5) is 82.6. The zero-order chi connectivity index (χ0) is 45.8. The molecule has 0 aliphatic carbocycles. The van der Waals surface area contributed by atoms with Gasteiger partial charge in [-0.2, -0.15) is 0 Å². The molecule has 2 aromatic carbocycles. The van der Waals surface area contributed by atoms with Crippen LogP contribution in [0, 0.1) is 21.4 Å². The highest BCUT2D eigenvalue weighted by Crippen LogP contribution is 2.38. The lowest BCUT2D eigenvalue weighted by Crippen LogP contribution is -2.49. The Morgan fingerprint density at radius 3 is 1.40 bits per heavy atom. The predicted molar refractivity (Wildman–Crippen MR) is 264 cm³/mol. The van der Waals surface area contributed by atoms with Crippen molar-refractivity contribution in [2.45, 2.75) is 36.4 Å². The van der Waals surface area contributed by atoms with Gasteiger partial charge in [0.15, 0.2) is 11.8 Å². The largest absolute Gasteiger partial charge is 0.394 e. The molecule has 0 saturated carbocycles. The summed E-state index contributed by atoms with van der Waals surface area (Å²) in [5.74, 6) is -5.35. The van der Waals surface area contributed by atoms with Crippen LogP contribution in [0.2, 0.25) is 0 Å². The number of ether oxygens (including phenoxy) is 1. The third-order valence-corrected chi connectivity index (χ3v) is 14.7. The van der Waals surface area contributed by atoms with Crippen molar-refractivity contribution in [1.29, 1.82) is 0 Å². The van der Waals surface area contributed by atoms with Gasteiger partial charge in [-0.1, -0.05) is 0 Å². The molecule has 0 saturated heterocycles. The molecule has 0 spiro atoms. The van der Waals surface area contributed by atoms with Crippen LogP contribution in [0.15, 0.2) is 0 Å². The molecular weight excluding hydrogens is 1480 g/mol. The fraction of sp³-hybridized carbons (Fsp3) is 0.455. The third-order valence-electron chi connectivity index (χ3n) is 8.20. The minimum Gasteiger partial charge on any atom is -0.394 e. The minimum atomic E-state index is -1.76. The summed E-state index contributed by atoms with van der Waals surface area (Å²) in [6.07, 6.45) is -4.52. The molecule has 6 atom stereocenters. The van der Waals surface area contributed by atoms with Crippen molar-refractivity contribution in [2.75, 3.05) is 71.0 Å². The van der Waals surface area contributed by atoms with Crippen LogP contribution in [-0.2, 0) is 14.3 Å². The number of hydrogen-bond acceptors (Lipinski definition) is 16. The molecule has 6 unspecified atom stereocenters. The van der Waals surface area contributed by atoms with Gasteiger partial charge in [-0.05, 0) is 143 Å². The number of ketones is 1. The number of carbonyl (C=O) groups excluding carboxylic acids is 6. The lowest BCUT2D eigenvalue weighted by molar-refractivity contribution is -0.119. The monoisotopic (exact) mass is 1520 g/mol. The van der Waals surface area contributed by atoms with Crippen LogP contribution in [-0.4, -0.2) is 173 Å². The Morgan fingerprint density at radius 2 is 1.00 bits per heavy atom. The summed E-state index contributed by atoms with van der Waals surface area (Å²) in [6, 6.07) is -4.54. The van der Waals surface area contributed by atoms with E-state index in [1.54, 1.807) is 136 Å². The van der Waals surface area contributed by atoms with Crippen molar-refractivity contribution in [2.24, 2.45) is 0 Å². The van der Waals surface area contributed by atoms with Crippen LogP contribution in [0.25, 0.3) is 0 Å². The summed E-state index contributed by atoms with van der Waals surface area (Å²) in [5.41, 5.74) is -0.987. The lowest BCUT2D eigenvalue weighted by Gasteiger charge is -2.25. The highest BCUT2D eigenvalue weighted by Gasteiger charge is 2.37. The highest BCUT2D eigenvalue weighted by molar-refractivity contribution is 14.1. The van der Waals surface area contributed by atoms with Gasteiger partial charge in [0.05, 0.1) is 102 Å². The minimum absolute atomic E-state index is 0.000901. The molecule has 0 aliphatic rings. The number of halogens is 6. The van der Waals surface area contributed by atoms with Crippen LogP contribution in [0.4, 0.5) is 11.4 Å². The summed E-state index contributed by atoms with van der Waals surface area (Å²) >= 11 is 10.4. The number of aliphatic hydroxyl groups is 8. The van der Waals surface area contributed by atoms with Gasteiger partial charge in [0.25, 0.3) is 17.7 Å². The van der Waals surface area contributed by atoms with E-state index in [1.165, 1.54) is 14.2 Å². The molecule has 27 heteroatoms. The van der Waals surface area contributed by atoms with E-state index in [4.69, 9.17) is 4.74 Å². The van der Waals surface area contributed by atoms with Crippen molar-refractivity contribution in [1.82, 2.24) is 21.3 Å². The molecule has 5 amide bonds. The van der Waals surface area contributed by atoms with Crippen LogP contribution in [0.5, 0.6) is 0 Å². The van der Waals surface area contributed by atoms with Gasteiger partial charge in [-0.25, -0.2) is 0 Å². The summed E-state index contributed by atoms with van der Waals surface area (Å²) in [7, 11) is 2.56. The van der Waals surface area contributed by atoms with Gasteiger partial charge in [0.2, 0.25) is 11.8 Å². The standard InChI is InChI=1S/C33H40I6N6O15/c1-40-28(29(55)16-20(34)17(30(56)41-3-10(51)4-46)23(37)26(22(16)36)44-15(54)9-60-2)33(59)45-27-24(38)18(31(57)42-11(5-47)13(52)7-49)21(35)19(25(27)39)32(58)43-12(6-48)14(53)8-50/h10-14,28,40,46-53H,3-9H2,1-2H3,(H,41,56)(H,42,57)(H,43,58)(H,44,54)(H,45,59). The molecule has 21 nitrogen and oxygen atoms in total. The van der Waals surface area contributed by atoms with Crippen LogP contribution in [0.3, 0.4) is 0 Å². The smallest absolute Gasteiger partial charge is 0.253 e. The fourth-order valence-electron chi connectivity index (χ4n) is 5.02. The number of aliphatic hydroxyl groups excluding tert-OH is 8. The molecule has 0 heterocycles. The summed E-state index contributed by atoms with van der Waals surface area (Å²) < 4.78 is 5.23. The summed E-state index contributed by atoms with van der Waals surface area (Å²) in [5, 5.41) is 93.0. The number of nitrogens with one attached hydrogen (secondary N) is 6. The van der Waals surface area contributed by atoms with Crippen LogP contribution >= 0.6 is 136 Å².